The molecule has 2 aromatic carbocycles. The van der Waals surface area contributed by atoms with Crippen molar-refractivity contribution in [2.24, 2.45) is 5.92 Å². The maximum atomic E-state index is 13.2. The Kier molecular flexibility index (Phi) is 10.6. The van der Waals surface area contributed by atoms with E-state index in [4.69, 9.17) is 5.11 Å². The van der Waals surface area contributed by atoms with Gasteiger partial charge >= 0.3 is 12.3 Å². The predicted molar refractivity (Wildman–Crippen MR) is 151 cm³/mol. The average molecular weight is 613 g/mol. The van der Waals surface area contributed by atoms with Gasteiger partial charge in [0.25, 0.3) is 0 Å². The first-order valence-electron chi connectivity index (χ1n) is 13.4. The van der Waals surface area contributed by atoms with E-state index in [2.05, 4.69) is 15.5 Å². The summed E-state index contributed by atoms with van der Waals surface area (Å²) in [5, 5.41) is 15.8. The maximum absolute atomic E-state index is 13.2. The van der Waals surface area contributed by atoms with Gasteiger partial charge in [0.2, 0.25) is 11.8 Å². The summed E-state index contributed by atoms with van der Waals surface area (Å²) < 4.78 is 66.0. The van der Waals surface area contributed by atoms with E-state index in [1.807, 2.05) is 26.2 Å². The van der Waals surface area contributed by atoms with E-state index in [1.54, 1.807) is 18.2 Å². The molecule has 1 aliphatic rings. The van der Waals surface area contributed by atoms with E-state index in [0.29, 0.717) is 31.4 Å². The number of rotatable bonds is 10. The highest BCUT2D eigenvalue weighted by molar-refractivity contribution is 7.91. The summed E-state index contributed by atoms with van der Waals surface area (Å²) in [6.45, 7) is 4.06. The Morgan fingerprint density at radius 3 is 2.26 bits per heavy atom. The van der Waals surface area contributed by atoms with Gasteiger partial charge in [0.1, 0.15) is 6.42 Å². The van der Waals surface area contributed by atoms with E-state index < -0.39 is 63.6 Å². The Labute approximate surface area is 242 Å². The SMILES string of the molecule is CC(C)N(C)[C@@H]1CC[C@H](NC(=O)CC(=O)Nc2cc(C(F)(F)F)ccc2NC(=O)O)[C@H](CS(=O)(=O)c2ccccc2)C1. The molecule has 0 bridgehead atoms. The summed E-state index contributed by atoms with van der Waals surface area (Å²) in [4.78, 5) is 38.9. The van der Waals surface area contributed by atoms with Gasteiger partial charge in [-0.2, -0.15) is 13.2 Å². The summed E-state index contributed by atoms with van der Waals surface area (Å²) in [5.74, 6) is -2.39. The molecule has 0 heterocycles. The number of hydrogen-bond acceptors (Lipinski definition) is 6. The summed E-state index contributed by atoms with van der Waals surface area (Å²) in [5.41, 5.74) is -1.89. The van der Waals surface area contributed by atoms with Gasteiger partial charge < -0.3 is 20.6 Å². The minimum atomic E-state index is -4.75. The molecule has 3 atom stereocenters. The number of carbonyl (C=O) groups is 3. The number of nitrogens with zero attached hydrogens (tertiary/aromatic N) is 1. The van der Waals surface area contributed by atoms with Gasteiger partial charge in [-0.25, -0.2) is 13.2 Å². The normalized spacial score (nSPS) is 19.4. The standard InChI is InChI=1S/C28H35F3N4O6S/c1-17(2)35(3)20-10-12-22(18(13-20)16-42(40,41)21-7-5-4-6-8-21)32-25(36)15-26(37)33-24-14-19(28(29,30)31)9-11-23(24)34-27(38)39/h4-9,11,14,17-18,20,22,34H,10,12-13,15-16H2,1-3H3,(H,32,36)(H,33,37)(H,38,39)/t18-,20+,22-/m0/s1. The fourth-order valence-corrected chi connectivity index (χ4v) is 6.75. The summed E-state index contributed by atoms with van der Waals surface area (Å²) in [7, 11) is -1.73. The van der Waals surface area contributed by atoms with Crippen LogP contribution in [-0.4, -0.2) is 67.3 Å². The number of benzene rings is 2. The number of anilines is 2. The van der Waals surface area contributed by atoms with E-state index in [-0.39, 0.29) is 28.4 Å². The minimum absolute atomic E-state index is 0.0819. The quantitative estimate of drug-likeness (QED) is 0.287. The lowest BCUT2D eigenvalue weighted by Crippen LogP contribution is -2.51. The number of nitrogens with one attached hydrogen (secondary N) is 3. The van der Waals surface area contributed by atoms with Crippen LogP contribution in [0.2, 0.25) is 0 Å². The van der Waals surface area contributed by atoms with Crippen molar-refractivity contribution in [1.29, 1.82) is 0 Å². The molecule has 42 heavy (non-hydrogen) atoms. The average Bonchev–Trinajstić information content (AvgIpc) is 2.89. The molecule has 1 fully saturated rings. The van der Waals surface area contributed by atoms with Crippen LogP contribution < -0.4 is 16.0 Å². The highest BCUT2D eigenvalue weighted by Crippen LogP contribution is 2.34. The first kappa shape index (κ1) is 32.9. The Balaban J connectivity index is 1.74. The number of carboxylic acid groups (broad SMARTS) is 1. The second-order valence-corrected chi connectivity index (χ2v) is 12.7. The first-order valence-corrected chi connectivity index (χ1v) is 15.0. The van der Waals surface area contributed by atoms with Crippen LogP contribution in [0.25, 0.3) is 0 Å². The molecule has 0 aromatic heterocycles. The van der Waals surface area contributed by atoms with E-state index in [0.717, 1.165) is 6.07 Å². The van der Waals surface area contributed by atoms with Crippen LogP contribution >= 0.6 is 0 Å². The number of sulfone groups is 1. The zero-order valence-electron chi connectivity index (χ0n) is 23.4. The fourth-order valence-electron chi connectivity index (χ4n) is 5.06. The summed E-state index contributed by atoms with van der Waals surface area (Å²) in [6, 6.07) is 9.81. The van der Waals surface area contributed by atoms with E-state index in [1.165, 1.54) is 12.1 Å². The van der Waals surface area contributed by atoms with Crippen molar-refractivity contribution in [1.82, 2.24) is 10.2 Å². The Bertz CT molecular complexity index is 1390. The molecule has 0 saturated heterocycles. The lowest BCUT2D eigenvalue weighted by Gasteiger charge is -2.41. The zero-order valence-corrected chi connectivity index (χ0v) is 24.3. The van der Waals surface area contributed by atoms with Crippen molar-refractivity contribution < 1.29 is 41.1 Å². The molecule has 0 aliphatic heterocycles. The molecule has 1 saturated carbocycles. The lowest BCUT2D eigenvalue weighted by atomic mass is 9.81. The minimum Gasteiger partial charge on any atom is -0.465 e. The lowest BCUT2D eigenvalue weighted by molar-refractivity contribution is -0.137. The Morgan fingerprint density at radius 1 is 1.00 bits per heavy atom. The fraction of sp³-hybridized carbons (Fsp3) is 0.464. The van der Waals surface area contributed by atoms with Crippen molar-refractivity contribution in [3.8, 4) is 0 Å². The largest absolute Gasteiger partial charge is 0.465 e. The third-order valence-electron chi connectivity index (χ3n) is 7.41. The zero-order chi connectivity index (χ0) is 31.2. The van der Waals surface area contributed by atoms with Gasteiger partial charge in [0.15, 0.2) is 9.84 Å². The molecule has 14 heteroatoms. The molecule has 0 unspecified atom stereocenters. The monoisotopic (exact) mass is 612 g/mol. The van der Waals surface area contributed by atoms with Crippen molar-refractivity contribution in [3.63, 3.8) is 0 Å². The van der Waals surface area contributed by atoms with Gasteiger partial charge in [0, 0.05) is 18.1 Å². The second kappa shape index (κ2) is 13.6. The molecule has 0 radical (unpaired) electrons. The van der Waals surface area contributed by atoms with Crippen molar-refractivity contribution >= 4 is 39.1 Å². The van der Waals surface area contributed by atoms with Gasteiger partial charge in [-0.3, -0.25) is 14.9 Å². The van der Waals surface area contributed by atoms with Crippen LogP contribution in [0.3, 0.4) is 0 Å². The van der Waals surface area contributed by atoms with Crippen LogP contribution in [0.1, 0.15) is 45.1 Å². The van der Waals surface area contributed by atoms with Gasteiger partial charge in [-0.15, -0.1) is 0 Å². The van der Waals surface area contributed by atoms with E-state index >= 15 is 0 Å². The molecule has 4 N–H and O–H groups in total. The number of amides is 3. The molecule has 10 nitrogen and oxygen atoms in total. The molecular weight excluding hydrogens is 577 g/mol. The second-order valence-electron chi connectivity index (χ2n) is 10.7. The van der Waals surface area contributed by atoms with Crippen molar-refractivity contribution in [3.05, 3.63) is 54.1 Å². The van der Waals surface area contributed by atoms with Gasteiger partial charge in [0.05, 0.1) is 27.6 Å². The molecule has 2 aromatic rings. The summed E-state index contributed by atoms with van der Waals surface area (Å²) in [6.07, 6.45) is -5.44. The van der Waals surface area contributed by atoms with Crippen molar-refractivity contribution in [2.45, 2.75) is 68.7 Å². The van der Waals surface area contributed by atoms with Gasteiger partial charge in [-0.05, 0) is 76.4 Å². The van der Waals surface area contributed by atoms with Gasteiger partial charge in [-0.1, -0.05) is 18.2 Å². The number of halogens is 3. The van der Waals surface area contributed by atoms with Crippen LogP contribution in [-0.2, 0) is 25.6 Å². The van der Waals surface area contributed by atoms with Crippen LogP contribution in [0.4, 0.5) is 29.3 Å². The number of carbonyl (C=O) groups excluding carboxylic acids is 2. The molecule has 1 aliphatic carbocycles. The van der Waals surface area contributed by atoms with Crippen molar-refractivity contribution in [2.75, 3.05) is 23.4 Å². The van der Waals surface area contributed by atoms with E-state index in [9.17, 15) is 36.0 Å². The third-order valence-corrected chi connectivity index (χ3v) is 9.27. The smallest absolute Gasteiger partial charge is 0.416 e. The highest BCUT2D eigenvalue weighted by atomic mass is 32.2. The Hall–Kier alpha value is -3.65. The maximum Gasteiger partial charge on any atom is 0.416 e. The molecule has 230 valence electrons. The predicted octanol–water partition coefficient (Wildman–Crippen LogP) is 4.59. The first-order chi connectivity index (χ1) is 19.6. The topological polar surface area (TPSA) is 145 Å². The molecular formula is C28H35F3N4O6S. The van der Waals surface area contributed by atoms with Crippen LogP contribution in [0.5, 0.6) is 0 Å². The summed E-state index contributed by atoms with van der Waals surface area (Å²) >= 11 is 0. The highest BCUT2D eigenvalue weighted by Gasteiger charge is 2.37. The molecule has 3 rings (SSSR count). The molecule has 3 amide bonds. The number of alkyl halides is 3. The molecule has 0 spiro atoms. The Morgan fingerprint density at radius 2 is 1.67 bits per heavy atom. The number of hydrogen-bond donors (Lipinski definition) is 4. The van der Waals surface area contributed by atoms with Crippen LogP contribution in [0.15, 0.2) is 53.4 Å². The third kappa shape index (κ3) is 8.92. The van der Waals surface area contributed by atoms with Crippen LogP contribution in [0, 0.1) is 5.92 Å².